The van der Waals surface area contributed by atoms with E-state index in [9.17, 15) is 14.4 Å². The van der Waals surface area contributed by atoms with Crippen molar-refractivity contribution in [3.05, 3.63) is 91.4 Å². The van der Waals surface area contributed by atoms with Crippen LogP contribution >= 0.6 is 0 Å². The molecule has 0 amide bonds. The van der Waals surface area contributed by atoms with E-state index in [1.165, 1.54) is 18.9 Å². The third-order valence-electron chi connectivity index (χ3n) is 8.96. The fourth-order valence-corrected chi connectivity index (χ4v) is 6.19. The highest BCUT2D eigenvalue weighted by molar-refractivity contribution is 6.05. The van der Waals surface area contributed by atoms with Gasteiger partial charge in [-0.1, -0.05) is 99.3 Å². The number of anilines is 2. The third-order valence-corrected chi connectivity index (χ3v) is 8.96. The zero-order valence-electron chi connectivity index (χ0n) is 35.5. The number of terminal acetylenes is 1. The SMILES string of the molecule is C#C.C=C(\N=C(C)/C(=C\C)/C=C(\CC1CCCC1)C(=O)C(C)(C)C)Nc1n[nH]c(/C(=C/C)c2oc(N(CCC)CCCC)cc(=O)c2C)cc1=O.C=O.CC. The van der Waals surface area contributed by atoms with Gasteiger partial charge in [-0.2, -0.15) is 5.10 Å². The lowest BCUT2D eigenvalue weighted by Gasteiger charge is -2.23. The van der Waals surface area contributed by atoms with E-state index < -0.39 is 5.41 Å². The molecule has 2 heterocycles. The van der Waals surface area contributed by atoms with Gasteiger partial charge in [0.1, 0.15) is 18.4 Å². The molecule has 2 N–H and O–H groups in total. The molecular formula is C45H67N5O5. The number of unbranched alkanes of at least 4 members (excludes halogenated alkanes) is 1. The topological polar surface area (TPSA) is 138 Å². The van der Waals surface area contributed by atoms with Crippen LogP contribution in [0.25, 0.3) is 5.57 Å². The van der Waals surface area contributed by atoms with E-state index in [1.54, 1.807) is 19.1 Å². The van der Waals surface area contributed by atoms with Gasteiger partial charge in [0, 0.05) is 47.5 Å². The number of nitrogens with one attached hydrogen (secondary N) is 2. The molecule has 0 atom stereocenters. The molecular weight excluding hydrogens is 691 g/mol. The van der Waals surface area contributed by atoms with Crippen LogP contribution in [0.2, 0.25) is 0 Å². The summed E-state index contributed by atoms with van der Waals surface area (Å²) in [6, 6.07) is 2.97. The van der Waals surface area contributed by atoms with Gasteiger partial charge >= 0.3 is 0 Å². The number of ketones is 1. The monoisotopic (exact) mass is 758 g/mol. The Balaban J connectivity index is 0.00000462. The molecule has 0 unspecified atom stereocenters. The Hall–Kier alpha value is -5.04. The van der Waals surface area contributed by atoms with Crippen LogP contribution in [0.4, 0.5) is 11.7 Å². The van der Waals surface area contributed by atoms with Crippen LogP contribution in [0.1, 0.15) is 138 Å². The first-order chi connectivity index (χ1) is 26.2. The van der Waals surface area contributed by atoms with Crippen molar-refractivity contribution in [2.45, 2.75) is 128 Å². The second-order valence-electron chi connectivity index (χ2n) is 14.1. The lowest BCUT2D eigenvalue weighted by Crippen LogP contribution is -2.27. The summed E-state index contributed by atoms with van der Waals surface area (Å²) in [6.45, 7) is 29.0. The molecule has 10 nitrogen and oxygen atoms in total. The van der Waals surface area contributed by atoms with E-state index in [0.29, 0.717) is 40.1 Å². The van der Waals surface area contributed by atoms with Crippen LogP contribution in [0.3, 0.4) is 0 Å². The average Bonchev–Trinajstić information content (AvgIpc) is 3.69. The van der Waals surface area contributed by atoms with E-state index in [0.717, 1.165) is 62.8 Å². The number of aromatic amines is 1. The number of hydrogen-bond acceptors (Lipinski definition) is 9. The molecule has 1 saturated carbocycles. The summed E-state index contributed by atoms with van der Waals surface area (Å²) in [4.78, 5) is 54.5. The van der Waals surface area contributed by atoms with E-state index >= 15 is 0 Å². The van der Waals surface area contributed by atoms with Crippen molar-refractivity contribution in [3.63, 3.8) is 0 Å². The van der Waals surface area contributed by atoms with Gasteiger partial charge in [0.05, 0.1) is 5.69 Å². The van der Waals surface area contributed by atoms with Crippen molar-refractivity contribution in [1.82, 2.24) is 10.2 Å². The predicted molar refractivity (Wildman–Crippen MR) is 232 cm³/mol. The van der Waals surface area contributed by atoms with Crippen LogP contribution in [0.5, 0.6) is 0 Å². The normalized spacial score (nSPS) is 13.7. The molecule has 302 valence electrons. The van der Waals surface area contributed by atoms with E-state index in [1.807, 2.05) is 74.3 Å². The molecule has 2 aromatic rings. The number of H-pyrrole nitrogens is 1. The summed E-state index contributed by atoms with van der Waals surface area (Å²) >= 11 is 0. The Labute approximate surface area is 330 Å². The molecule has 3 rings (SSSR count). The number of nitrogens with zero attached hydrogens (tertiary/aromatic N) is 3. The smallest absolute Gasteiger partial charge is 0.225 e. The molecule has 2 aromatic heterocycles. The largest absolute Gasteiger partial charge is 0.440 e. The molecule has 0 spiro atoms. The van der Waals surface area contributed by atoms with Crippen molar-refractivity contribution >= 4 is 35.6 Å². The molecule has 1 aliphatic carbocycles. The number of allylic oxidation sites excluding steroid dienone is 5. The van der Waals surface area contributed by atoms with Crippen molar-refractivity contribution in [2.24, 2.45) is 16.3 Å². The minimum Gasteiger partial charge on any atom is -0.440 e. The Kier molecular flexibility index (Phi) is 23.5. The molecule has 0 bridgehead atoms. The fourth-order valence-electron chi connectivity index (χ4n) is 6.19. The summed E-state index contributed by atoms with van der Waals surface area (Å²) in [5, 5.41) is 10.2. The van der Waals surface area contributed by atoms with Crippen LogP contribution in [0, 0.1) is 31.1 Å². The van der Waals surface area contributed by atoms with Gasteiger partial charge < -0.3 is 19.4 Å². The van der Waals surface area contributed by atoms with Crippen molar-refractivity contribution < 1.29 is 14.0 Å². The van der Waals surface area contributed by atoms with Gasteiger partial charge in [0.25, 0.3) is 0 Å². The van der Waals surface area contributed by atoms with Crippen molar-refractivity contribution in [2.75, 3.05) is 23.3 Å². The molecule has 55 heavy (non-hydrogen) atoms. The molecule has 0 aromatic carbocycles. The maximum absolute atomic E-state index is 13.4. The fraction of sp³-hybridized carbons (Fsp3) is 0.511. The van der Waals surface area contributed by atoms with Crippen LogP contribution in [0.15, 0.2) is 72.9 Å². The van der Waals surface area contributed by atoms with Gasteiger partial charge in [-0.3, -0.25) is 19.5 Å². The standard InChI is InChI=1S/C40H57N5O4.C2H6.C2H2.CH2O/c1-11-15-21-45(20-12-2)36-25-34(46)26(5)37(49-36)32(14-4)33-24-35(47)39(44-43-33)42-28(7)41-27(6)30(13-3)23-31(38(48)40(8,9)10)22-29-18-16-17-19-29;3*1-2/h13-14,23-25,29H,7,11-12,15-22H2,1-6,8-10H3,(H,42,44)(H,43,47);1-2H3;1-2H;1H2/b30-13-,31-23+,32-14-,41-27-;;;. The van der Waals surface area contributed by atoms with Crippen LogP contribution in [-0.4, -0.2) is 41.6 Å². The second-order valence-corrected chi connectivity index (χ2v) is 14.1. The second kappa shape index (κ2) is 25.9. The zero-order chi connectivity index (χ0) is 42.3. The van der Waals surface area contributed by atoms with E-state index in [2.05, 4.69) is 58.7 Å². The Morgan fingerprint density at radius 3 is 2.18 bits per heavy atom. The first-order valence-corrected chi connectivity index (χ1v) is 19.5. The maximum atomic E-state index is 13.4. The molecule has 1 aliphatic rings. The highest BCUT2D eigenvalue weighted by Crippen LogP contribution is 2.34. The minimum atomic E-state index is -0.484. The summed E-state index contributed by atoms with van der Waals surface area (Å²) in [5.74, 6) is 1.86. The highest BCUT2D eigenvalue weighted by atomic mass is 16.4. The van der Waals surface area contributed by atoms with Gasteiger partial charge in [0.15, 0.2) is 22.9 Å². The summed E-state index contributed by atoms with van der Waals surface area (Å²) in [6.07, 6.45) is 22.1. The first kappa shape index (κ1) is 50.0. The Morgan fingerprint density at radius 1 is 1.05 bits per heavy atom. The number of carbonyl (C=O) groups is 2. The summed E-state index contributed by atoms with van der Waals surface area (Å²) < 4.78 is 6.35. The number of hydrogen-bond donors (Lipinski definition) is 2. The number of rotatable bonds is 16. The molecule has 0 radical (unpaired) electrons. The lowest BCUT2D eigenvalue weighted by atomic mass is 9.81. The highest BCUT2D eigenvalue weighted by Gasteiger charge is 2.28. The van der Waals surface area contributed by atoms with Gasteiger partial charge in [-0.25, -0.2) is 4.99 Å². The quantitative estimate of drug-likeness (QED) is 0.0747. The minimum absolute atomic E-state index is 0.0313. The molecule has 0 saturated heterocycles. The number of Topliss-reactive ketones (excluding diaryl/α,β-unsaturated/α-hetero) is 1. The molecule has 10 heteroatoms. The average molecular weight is 758 g/mol. The number of aromatic nitrogens is 2. The predicted octanol–water partition coefficient (Wildman–Crippen LogP) is 10.0. The maximum Gasteiger partial charge on any atom is 0.225 e. The molecule has 1 fully saturated rings. The number of carbonyl (C=O) groups excluding carboxylic acids is 2. The number of aliphatic imine (C=N–C) groups is 1. The zero-order valence-corrected chi connectivity index (χ0v) is 35.5. The Morgan fingerprint density at radius 2 is 1.67 bits per heavy atom. The van der Waals surface area contributed by atoms with E-state index in [4.69, 9.17) is 9.21 Å². The Bertz CT molecular complexity index is 1790. The summed E-state index contributed by atoms with van der Waals surface area (Å²) in [7, 11) is 0. The first-order valence-electron chi connectivity index (χ1n) is 19.5. The van der Waals surface area contributed by atoms with Crippen molar-refractivity contribution in [3.8, 4) is 12.8 Å². The van der Waals surface area contributed by atoms with Crippen LogP contribution in [-0.2, 0) is 9.59 Å². The lowest BCUT2D eigenvalue weighted by molar-refractivity contribution is -0.122. The summed E-state index contributed by atoms with van der Waals surface area (Å²) in [5.41, 5.74) is 2.76. The van der Waals surface area contributed by atoms with Gasteiger partial charge in [0.2, 0.25) is 5.43 Å². The third kappa shape index (κ3) is 15.3. The van der Waals surface area contributed by atoms with Crippen LogP contribution < -0.4 is 21.1 Å². The van der Waals surface area contributed by atoms with Gasteiger partial charge in [-0.05, 0) is 70.1 Å². The van der Waals surface area contributed by atoms with E-state index in [-0.39, 0.29) is 28.3 Å². The molecule has 0 aliphatic heterocycles. The van der Waals surface area contributed by atoms with Gasteiger partial charge in [-0.15, -0.1) is 12.8 Å². The van der Waals surface area contributed by atoms with Crippen molar-refractivity contribution in [1.29, 1.82) is 0 Å².